The number of carboxylic acids is 1. The second kappa shape index (κ2) is 14.0. The Morgan fingerprint density at radius 1 is 1.02 bits per heavy atom. The van der Waals surface area contributed by atoms with Gasteiger partial charge in [-0.25, -0.2) is 4.79 Å². The van der Waals surface area contributed by atoms with Crippen LogP contribution in [-0.2, 0) is 4.79 Å². The Bertz CT molecular complexity index is 1380. The van der Waals surface area contributed by atoms with Crippen LogP contribution in [0, 0.1) is 18.8 Å². The Labute approximate surface area is 241 Å². The number of halogens is 1. The number of aryl methyl sites for hydroxylation is 1. The van der Waals surface area contributed by atoms with Gasteiger partial charge in [0.2, 0.25) is 0 Å². The van der Waals surface area contributed by atoms with Gasteiger partial charge < -0.3 is 19.5 Å². The molecule has 0 bridgehead atoms. The molecule has 208 valence electrons. The van der Waals surface area contributed by atoms with Crippen LogP contribution in [0.25, 0.3) is 5.57 Å². The first kappa shape index (κ1) is 29.2. The molecule has 1 N–H and O–H groups in total. The summed E-state index contributed by atoms with van der Waals surface area (Å²) < 4.78 is 11.5. The van der Waals surface area contributed by atoms with E-state index in [1.54, 1.807) is 12.1 Å². The first-order valence-corrected chi connectivity index (χ1v) is 13.8. The van der Waals surface area contributed by atoms with Gasteiger partial charge in [-0.2, -0.15) is 0 Å². The number of carboxylic acid groups (broad SMARTS) is 1. The number of ether oxygens (including phenoxy) is 2. The number of hydrogen-bond acceptors (Lipinski definition) is 5. The molecule has 40 heavy (non-hydrogen) atoms. The number of likely N-dealkylation sites (N-methyl/N-ethyl adjacent to an activating group) is 1. The Morgan fingerprint density at radius 2 is 1.68 bits per heavy atom. The fourth-order valence-electron chi connectivity index (χ4n) is 4.33. The summed E-state index contributed by atoms with van der Waals surface area (Å²) in [5, 5.41) is 9.78. The van der Waals surface area contributed by atoms with Crippen LogP contribution in [0.4, 0.5) is 0 Å². The van der Waals surface area contributed by atoms with Gasteiger partial charge in [0.1, 0.15) is 18.1 Å². The standard InChI is InChI=1S/C33H35ClN2O4/c1-24-23-30(14-15-32(24)40-25(2)33(37)38)39-22-16-31(28-10-12-29(34)13-11-28)27-8-6-26(7-9-27)5-4-17-36-20-18-35(3)19-21-36/h6-16,23,25H,17-22H2,1-3H3,(H,37,38)/b31-16+. The van der Waals surface area contributed by atoms with E-state index in [0.29, 0.717) is 23.1 Å². The first-order chi connectivity index (χ1) is 19.3. The molecule has 1 aliphatic heterocycles. The van der Waals surface area contributed by atoms with Gasteiger partial charge in [0.15, 0.2) is 6.10 Å². The number of aliphatic carboxylic acids is 1. The molecule has 0 aliphatic carbocycles. The number of nitrogens with zero attached hydrogens (tertiary/aromatic N) is 2. The van der Waals surface area contributed by atoms with Crippen molar-refractivity contribution in [1.82, 2.24) is 9.80 Å². The SMILES string of the molecule is Cc1cc(OC/C=C(/c2ccc(Cl)cc2)c2ccc(C#CCN3CCN(C)CC3)cc2)ccc1OC(C)C(=O)O. The van der Waals surface area contributed by atoms with Crippen molar-refractivity contribution in [3.8, 4) is 23.3 Å². The topological polar surface area (TPSA) is 62.2 Å². The van der Waals surface area contributed by atoms with Gasteiger partial charge in [0.05, 0.1) is 6.54 Å². The van der Waals surface area contributed by atoms with Crippen molar-refractivity contribution in [2.24, 2.45) is 0 Å². The third-order valence-corrected chi connectivity index (χ3v) is 7.07. The van der Waals surface area contributed by atoms with E-state index in [1.165, 1.54) is 6.92 Å². The van der Waals surface area contributed by atoms with Crippen LogP contribution in [0.1, 0.15) is 29.2 Å². The lowest BCUT2D eigenvalue weighted by atomic mass is 9.97. The second-order valence-electron chi connectivity index (χ2n) is 9.92. The van der Waals surface area contributed by atoms with Crippen molar-refractivity contribution in [2.45, 2.75) is 20.0 Å². The van der Waals surface area contributed by atoms with Gasteiger partial charge >= 0.3 is 5.97 Å². The highest BCUT2D eigenvalue weighted by molar-refractivity contribution is 6.30. The van der Waals surface area contributed by atoms with Crippen LogP contribution in [0.2, 0.25) is 5.02 Å². The van der Waals surface area contributed by atoms with E-state index in [-0.39, 0.29) is 0 Å². The quantitative estimate of drug-likeness (QED) is 0.344. The fourth-order valence-corrected chi connectivity index (χ4v) is 4.46. The summed E-state index contributed by atoms with van der Waals surface area (Å²) in [7, 11) is 2.16. The van der Waals surface area contributed by atoms with Crippen LogP contribution in [-0.4, -0.2) is 73.4 Å². The molecule has 0 radical (unpaired) electrons. The maximum atomic E-state index is 11.1. The Kier molecular flexibility index (Phi) is 10.3. The Balaban J connectivity index is 1.45. The molecule has 0 amide bonds. The predicted molar refractivity (Wildman–Crippen MR) is 160 cm³/mol. The highest BCUT2D eigenvalue weighted by Crippen LogP contribution is 2.27. The maximum Gasteiger partial charge on any atom is 0.344 e. The molecule has 3 aromatic rings. The molecule has 3 aromatic carbocycles. The van der Waals surface area contributed by atoms with Crippen LogP contribution in [0.5, 0.6) is 11.5 Å². The smallest absolute Gasteiger partial charge is 0.344 e. The lowest BCUT2D eigenvalue weighted by Crippen LogP contribution is -2.44. The first-order valence-electron chi connectivity index (χ1n) is 13.4. The zero-order valence-electron chi connectivity index (χ0n) is 23.2. The van der Waals surface area contributed by atoms with Gasteiger partial charge in [0, 0.05) is 36.8 Å². The minimum Gasteiger partial charge on any atom is -0.489 e. The number of benzene rings is 3. The lowest BCUT2D eigenvalue weighted by molar-refractivity contribution is -0.144. The Morgan fingerprint density at radius 3 is 2.30 bits per heavy atom. The molecule has 6 nitrogen and oxygen atoms in total. The van der Waals surface area contributed by atoms with Gasteiger partial charge in [-0.3, -0.25) is 4.90 Å². The number of hydrogen-bond donors (Lipinski definition) is 1. The molecule has 1 unspecified atom stereocenters. The molecule has 1 saturated heterocycles. The second-order valence-corrected chi connectivity index (χ2v) is 10.4. The van der Waals surface area contributed by atoms with E-state index in [4.69, 9.17) is 26.2 Å². The predicted octanol–water partition coefficient (Wildman–Crippen LogP) is 5.61. The van der Waals surface area contributed by atoms with Crippen LogP contribution >= 0.6 is 11.6 Å². The summed E-state index contributed by atoms with van der Waals surface area (Å²) >= 11 is 6.15. The third-order valence-electron chi connectivity index (χ3n) is 6.82. The van der Waals surface area contributed by atoms with E-state index in [9.17, 15) is 4.79 Å². The van der Waals surface area contributed by atoms with Crippen molar-refractivity contribution in [1.29, 1.82) is 0 Å². The van der Waals surface area contributed by atoms with Crippen LogP contribution in [0.15, 0.2) is 72.8 Å². The summed E-state index contributed by atoms with van der Waals surface area (Å²) in [5.74, 6) is 6.80. The normalized spacial score (nSPS) is 15.2. The molecule has 1 fully saturated rings. The summed E-state index contributed by atoms with van der Waals surface area (Å²) in [4.78, 5) is 15.8. The van der Waals surface area contributed by atoms with Crippen molar-refractivity contribution in [3.63, 3.8) is 0 Å². The Hall–Kier alpha value is -3.76. The molecular weight excluding hydrogens is 524 g/mol. The molecule has 4 rings (SSSR count). The minimum atomic E-state index is -1.01. The molecule has 0 aromatic heterocycles. The van der Waals surface area contributed by atoms with E-state index in [1.807, 2.05) is 43.3 Å². The van der Waals surface area contributed by atoms with Crippen molar-refractivity contribution >= 4 is 23.1 Å². The number of piperazine rings is 1. The zero-order valence-corrected chi connectivity index (χ0v) is 23.9. The highest BCUT2D eigenvalue weighted by atomic mass is 35.5. The molecule has 0 saturated carbocycles. The minimum absolute atomic E-state index is 0.343. The van der Waals surface area contributed by atoms with Crippen LogP contribution in [0.3, 0.4) is 0 Å². The van der Waals surface area contributed by atoms with Crippen molar-refractivity contribution < 1.29 is 19.4 Å². The van der Waals surface area contributed by atoms with E-state index < -0.39 is 12.1 Å². The van der Waals surface area contributed by atoms with Gasteiger partial charge in [-0.1, -0.05) is 47.7 Å². The largest absolute Gasteiger partial charge is 0.489 e. The summed E-state index contributed by atoms with van der Waals surface area (Å²) in [6, 6.07) is 21.4. The van der Waals surface area contributed by atoms with Gasteiger partial charge in [-0.05, 0) is 91.7 Å². The van der Waals surface area contributed by atoms with Gasteiger partial charge in [-0.15, -0.1) is 0 Å². The summed E-state index contributed by atoms with van der Waals surface area (Å²) in [6.45, 7) is 8.79. The molecule has 1 heterocycles. The lowest BCUT2D eigenvalue weighted by Gasteiger charge is -2.30. The molecular formula is C33H35ClN2O4. The molecule has 7 heteroatoms. The zero-order chi connectivity index (χ0) is 28.5. The van der Waals surface area contributed by atoms with E-state index >= 15 is 0 Å². The van der Waals surface area contributed by atoms with E-state index in [2.05, 4.69) is 53.0 Å². The van der Waals surface area contributed by atoms with E-state index in [0.717, 1.165) is 60.6 Å². The fraction of sp³-hybridized carbons (Fsp3) is 0.303. The molecule has 1 atom stereocenters. The summed E-state index contributed by atoms with van der Waals surface area (Å²) in [6.07, 6.45) is 1.12. The number of carbonyl (C=O) groups is 1. The molecule has 0 spiro atoms. The highest BCUT2D eigenvalue weighted by Gasteiger charge is 2.14. The average Bonchev–Trinajstić information content (AvgIpc) is 2.95. The number of rotatable bonds is 9. The van der Waals surface area contributed by atoms with Crippen molar-refractivity contribution in [2.75, 3.05) is 46.4 Å². The average molecular weight is 559 g/mol. The van der Waals surface area contributed by atoms with Gasteiger partial charge in [0.25, 0.3) is 0 Å². The third kappa shape index (κ3) is 8.37. The van der Waals surface area contributed by atoms with Crippen LogP contribution < -0.4 is 9.47 Å². The maximum absolute atomic E-state index is 11.1. The monoisotopic (exact) mass is 558 g/mol. The summed E-state index contributed by atoms with van der Waals surface area (Å²) in [5.41, 5.74) is 4.90. The molecule has 1 aliphatic rings. The van der Waals surface area contributed by atoms with Crippen molar-refractivity contribution in [3.05, 3.63) is 100 Å².